The topological polar surface area (TPSA) is 0 Å². The van der Waals surface area contributed by atoms with E-state index in [4.69, 9.17) is 0 Å². The zero-order valence-corrected chi connectivity index (χ0v) is 18.8. The molecule has 0 saturated carbocycles. The fraction of sp³-hybridized carbons (Fsp3) is 0. The van der Waals surface area contributed by atoms with E-state index < -0.39 is 23.3 Å². The van der Waals surface area contributed by atoms with Gasteiger partial charge in [0.05, 0.1) is 0 Å². The van der Waals surface area contributed by atoms with Crippen molar-refractivity contribution in [3.63, 3.8) is 0 Å². The van der Waals surface area contributed by atoms with Crippen LogP contribution < -0.4 is 0 Å². The SMILES string of the molecule is Fc1cc(Br)c(-c2cc(-c3cc(F)c(F)cc3Br)c(Br)cc2Br)cc1F. The monoisotopic (exact) mass is 614 g/mol. The Kier molecular flexibility index (Phi) is 5.96. The standard InChI is InChI=1S/C18H6Br4F4/c19-11-4-12(20)8(10-3-16(24)18(26)6-14(10)22)1-7(11)9-2-15(23)17(25)5-13(9)21/h1-6H. The Bertz CT molecular complexity index is 956. The predicted octanol–water partition coefficient (Wildman–Crippen LogP) is 8.63. The van der Waals surface area contributed by atoms with Gasteiger partial charge < -0.3 is 0 Å². The van der Waals surface area contributed by atoms with Gasteiger partial charge in [0.15, 0.2) is 23.3 Å². The third-order valence-electron chi connectivity index (χ3n) is 3.66. The Balaban J connectivity index is 2.27. The van der Waals surface area contributed by atoms with E-state index in [1.165, 1.54) is 0 Å². The third kappa shape index (κ3) is 3.79. The van der Waals surface area contributed by atoms with Crippen molar-refractivity contribution in [2.24, 2.45) is 0 Å². The van der Waals surface area contributed by atoms with Crippen molar-refractivity contribution in [1.29, 1.82) is 0 Å². The number of hydrogen-bond acceptors (Lipinski definition) is 0. The van der Waals surface area contributed by atoms with Gasteiger partial charge >= 0.3 is 0 Å². The molecule has 0 radical (unpaired) electrons. The van der Waals surface area contributed by atoms with E-state index in [1.54, 1.807) is 12.1 Å². The van der Waals surface area contributed by atoms with E-state index in [1.807, 2.05) is 0 Å². The van der Waals surface area contributed by atoms with Crippen LogP contribution in [0.3, 0.4) is 0 Å². The van der Waals surface area contributed by atoms with E-state index in [0.29, 0.717) is 40.1 Å². The van der Waals surface area contributed by atoms with Crippen LogP contribution in [0.1, 0.15) is 0 Å². The molecule has 0 spiro atoms. The molecule has 0 nitrogen and oxygen atoms in total. The van der Waals surface area contributed by atoms with E-state index >= 15 is 0 Å². The highest BCUT2D eigenvalue weighted by Crippen LogP contribution is 2.42. The average Bonchev–Trinajstić information content (AvgIpc) is 2.55. The van der Waals surface area contributed by atoms with Crippen molar-refractivity contribution in [2.45, 2.75) is 0 Å². The first kappa shape index (κ1) is 20.0. The molecule has 0 fully saturated rings. The Morgan fingerprint density at radius 1 is 0.385 bits per heavy atom. The van der Waals surface area contributed by atoms with Gasteiger partial charge in [-0.25, -0.2) is 17.6 Å². The van der Waals surface area contributed by atoms with Crippen LogP contribution in [0.25, 0.3) is 22.3 Å². The lowest BCUT2D eigenvalue weighted by Crippen LogP contribution is -1.93. The summed E-state index contributed by atoms with van der Waals surface area (Å²) in [6.45, 7) is 0. The smallest absolute Gasteiger partial charge is 0.159 e. The molecule has 3 aromatic rings. The number of halogens is 8. The van der Waals surface area contributed by atoms with Crippen molar-refractivity contribution in [3.8, 4) is 22.3 Å². The second-order valence-electron chi connectivity index (χ2n) is 5.30. The van der Waals surface area contributed by atoms with Crippen molar-refractivity contribution in [3.05, 3.63) is 77.6 Å². The molecule has 0 unspecified atom stereocenters. The molecule has 0 bridgehead atoms. The van der Waals surface area contributed by atoms with Gasteiger partial charge in [-0.05, 0) is 47.5 Å². The summed E-state index contributed by atoms with van der Waals surface area (Å²) in [5.41, 5.74) is 1.91. The van der Waals surface area contributed by atoms with Crippen LogP contribution >= 0.6 is 63.7 Å². The normalized spacial score (nSPS) is 11.1. The lowest BCUT2D eigenvalue weighted by atomic mass is 9.98. The largest absolute Gasteiger partial charge is 0.204 e. The molecule has 0 saturated heterocycles. The van der Waals surface area contributed by atoms with Crippen LogP contribution in [0.2, 0.25) is 0 Å². The van der Waals surface area contributed by atoms with Crippen LogP contribution in [0.4, 0.5) is 17.6 Å². The third-order valence-corrected chi connectivity index (χ3v) is 6.28. The molecule has 0 N–H and O–H groups in total. The highest BCUT2D eigenvalue weighted by atomic mass is 79.9. The van der Waals surface area contributed by atoms with Gasteiger partial charge in [0, 0.05) is 29.0 Å². The van der Waals surface area contributed by atoms with Crippen LogP contribution in [-0.4, -0.2) is 0 Å². The second-order valence-corrected chi connectivity index (χ2v) is 8.72. The van der Waals surface area contributed by atoms with Crippen molar-refractivity contribution < 1.29 is 17.6 Å². The minimum absolute atomic E-state index is 0.356. The van der Waals surface area contributed by atoms with Gasteiger partial charge in [0.2, 0.25) is 0 Å². The molecule has 3 rings (SSSR count). The minimum atomic E-state index is -0.992. The summed E-state index contributed by atoms with van der Waals surface area (Å²) in [5.74, 6) is -3.93. The summed E-state index contributed by atoms with van der Waals surface area (Å²) in [5, 5.41) is 0. The molecule has 0 aliphatic carbocycles. The fourth-order valence-corrected chi connectivity index (χ4v) is 4.90. The lowest BCUT2D eigenvalue weighted by Gasteiger charge is -2.14. The Morgan fingerprint density at radius 3 is 1.04 bits per heavy atom. The summed E-state index contributed by atoms with van der Waals surface area (Å²) < 4.78 is 56.2. The minimum Gasteiger partial charge on any atom is -0.204 e. The number of rotatable bonds is 2. The lowest BCUT2D eigenvalue weighted by molar-refractivity contribution is 0.508. The van der Waals surface area contributed by atoms with Gasteiger partial charge in [0.25, 0.3) is 0 Å². The molecular formula is C18H6Br4F4. The maximum atomic E-state index is 13.7. The maximum Gasteiger partial charge on any atom is 0.159 e. The summed E-state index contributed by atoms with van der Waals surface area (Å²) in [4.78, 5) is 0. The Labute approximate surface area is 180 Å². The second kappa shape index (κ2) is 7.73. The molecule has 3 aromatic carbocycles. The molecule has 0 aliphatic heterocycles. The summed E-state index contributed by atoms with van der Waals surface area (Å²) in [6, 6.07) is 7.57. The number of benzene rings is 3. The first-order valence-electron chi connectivity index (χ1n) is 6.98. The highest BCUT2D eigenvalue weighted by Gasteiger charge is 2.18. The molecule has 0 aliphatic rings. The van der Waals surface area contributed by atoms with Gasteiger partial charge in [-0.2, -0.15) is 0 Å². The summed E-state index contributed by atoms with van der Waals surface area (Å²) >= 11 is 13.3. The Morgan fingerprint density at radius 2 is 0.654 bits per heavy atom. The van der Waals surface area contributed by atoms with E-state index in [9.17, 15) is 17.6 Å². The van der Waals surface area contributed by atoms with E-state index in [2.05, 4.69) is 63.7 Å². The van der Waals surface area contributed by atoms with Crippen molar-refractivity contribution >= 4 is 63.7 Å². The van der Waals surface area contributed by atoms with Gasteiger partial charge in [0.1, 0.15) is 0 Å². The van der Waals surface area contributed by atoms with Crippen LogP contribution in [0, 0.1) is 23.3 Å². The molecule has 8 heteroatoms. The maximum absolute atomic E-state index is 13.7. The van der Waals surface area contributed by atoms with Crippen molar-refractivity contribution in [1.82, 2.24) is 0 Å². The fourth-order valence-electron chi connectivity index (χ4n) is 2.42. The van der Waals surface area contributed by atoms with E-state index in [0.717, 1.165) is 24.3 Å². The van der Waals surface area contributed by atoms with Crippen LogP contribution in [0.15, 0.2) is 54.3 Å². The van der Waals surface area contributed by atoms with Crippen molar-refractivity contribution in [2.75, 3.05) is 0 Å². The average molecular weight is 618 g/mol. The molecule has 0 atom stereocenters. The summed E-state index contributed by atoms with van der Waals surface area (Å²) in [7, 11) is 0. The first-order chi connectivity index (χ1) is 12.2. The predicted molar refractivity (Wildman–Crippen MR) is 108 cm³/mol. The molecule has 134 valence electrons. The highest BCUT2D eigenvalue weighted by molar-refractivity contribution is 9.11. The zero-order valence-electron chi connectivity index (χ0n) is 12.5. The summed E-state index contributed by atoms with van der Waals surface area (Å²) in [6.07, 6.45) is 0. The molecular weight excluding hydrogens is 612 g/mol. The molecule has 0 heterocycles. The zero-order chi connectivity index (χ0) is 19.2. The van der Waals surface area contributed by atoms with Crippen LogP contribution in [-0.2, 0) is 0 Å². The molecule has 0 aromatic heterocycles. The van der Waals surface area contributed by atoms with Gasteiger partial charge in [-0.3, -0.25) is 0 Å². The quantitative estimate of drug-likeness (QED) is 0.200. The number of hydrogen-bond donors (Lipinski definition) is 0. The molecule has 26 heavy (non-hydrogen) atoms. The Hall–Kier alpha value is -0.700. The van der Waals surface area contributed by atoms with Gasteiger partial charge in [-0.15, -0.1) is 0 Å². The molecule has 0 amide bonds. The van der Waals surface area contributed by atoms with Gasteiger partial charge in [-0.1, -0.05) is 63.7 Å². The first-order valence-corrected chi connectivity index (χ1v) is 10.1. The van der Waals surface area contributed by atoms with Crippen LogP contribution in [0.5, 0.6) is 0 Å². The van der Waals surface area contributed by atoms with E-state index in [-0.39, 0.29) is 0 Å².